The molecule has 0 saturated carbocycles. The third-order valence-corrected chi connectivity index (χ3v) is 4.06. The molecule has 2 atom stereocenters. The Morgan fingerprint density at radius 1 is 1.44 bits per heavy atom. The van der Waals surface area contributed by atoms with Crippen LogP contribution in [0, 0.1) is 6.92 Å². The van der Waals surface area contributed by atoms with Gasteiger partial charge in [0.05, 0.1) is 6.61 Å². The zero-order valence-electron chi connectivity index (χ0n) is 10.7. The summed E-state index contributed by atoms with van der Waals surface area (Å²) in [5.41, 5.74) is 4.12. The first-order valence-electron chi connectivity index (χ1n) is 6.48. The topological polar surface area (TPSA) is 35.5 Å². The lowest BCUT2D eigenvalue weighted by atomic mass is 9.89. The average Bonchev–Trinajstić information content (AvgIpc) is 2.67. The number of aliphatic hydroxyl groups is 1. The van der Waals surface area contributed by atoms with Gasteiger partial charge in [0.1, 0.15) is 0 Å². The highest BCUT2D eigenvalue weighted by molar-refractivity contribution is 5.85. The number of rotatable bonds is 2. The van der Waals surface area contributed by atoms with Gasteiger partial charge in [0.25, 0.3) is 0 Å². The number of aryl methyl sites for hydroxylation is 1. The Morgan fingerprint density at radius 2 is 2.28 bits per heavy atom. The van der Waals surface area contributed by atoms with Gasteiger partial charge in [-0.2, -0.15) is 0 Å². The molecule has 0 aliphatic carbocycles. The molecule has 1 aromatic rings. The molecular formula is C14H21ClN2O. The van der Waals surface area contributed by atoms with E-state index < -0.39 is 0 Å². The first kappa shape index (κ1) is 13.7. The van der Waals surface area contributed by atoms with Crippen LogP contribution in [0.3, 0.4) is 0 Å². The van der Waals surface area contributed by atoms with Crippen molar-refractivity contribution in [2.75, 3.05) is 31.6 Å². The first-order valence-corrected chi connectivity index (χ1v) is 6.48. The zero-order valence-corrected chi connectivity index (χ0v) is 11.5. The summed E-state index contributed by atoms with van der Waals surface area (Å²) in [7, 11) is 0. The highest BCUT2D eigenvalue weighted by Gasteiger charge is 2.36. The molecule has 0 radical (unpaired) electrons. The summed E-state index contributed by atoms with van der Waals surface area (Å²) in [5.74, 6) is 0.602. The van der Waals surface area contributed by atoms with Gasteiger partial charge in [0.15, 0.2) is 0 Å². The number of benzene rings is 1. The van der Waals surface area contributed by atoms with Crippen LogP contribution >= 0.6 is 12.4 Å². The van der Waals surface area contributed by atoms with E-state index in [0.29, 0.717) is 12.0 Å². The van der Waals surface area contributed by atoms with E-state index in [4.69, 9.17) is 5.11 Å². The summed E-state index contributed by atoms with van der Waals surface area (Å²) in [5, 5.41) is 12.7. The monoisotopic (exact) mass is 268 g/mol. The Balaban J connectivity index is 0.00000120. The number of β-amino-alcohol motifs (C(OH)–C–C–N with tert-alkyl or cyclic N) is 1. The van der Waals surface area contributed by atoms with Crippen molar-refractivity contribution in [1.82, 2.24) is 4.90 Å². The standard InChI is InChI=1S/C14H20N2O.ClH/c1-10-2-3-13-11(8-10)12-9-16(6-7-17)5-4-14(12)15-13;/h2-3,8,12,14-15,17H,4-7,9H2,1H3;1H/t12-,14+;/m1./s1. The van der Waals surface area contributed by atoms with Crippen molar-refractivity contribution in [3.05, 3.63) is 29.3 Å². The van der Waals surface area contributed by atoms with Crippen LogP contribution in [-0.2, 0) is 0 Å². The maximum absolute atomic E-state index is 9.04. The molecule has 2 heterocycles. The molecular weight excluding hydrogens is 248 g/mol. The summed E-state index contributed by atoms with van der Waals surface area (Å²) in [6.45, 7) is 5.41. The fraction of sp³-hybridized carbons (Fsp3) is 0.571. The van der Waals surface area contributed by atoms with Gasteiger partial charge in [-0.05, 0) is 25.0 Å². The number of anilines is 1. The third kappa shape index (κ3) is 2.35. The van der Waals surface area contributed by atoms with Crippen LogP contribution in [0.1, 0.15) is 23.5 Å². The van der Waals surface area contributed by atoms with E-state index >= 15 is 0 Å². The lowest BCUT2D eigenvalue weighted by molar-refractivity contribution is 0.158. The number of likely N-dealkylation sites (tertiary alicyclic amines) is 1. The molecule has 100 valence electrons. The number of nitrogens with one attached hydrogen (secondary N) is 1. The van der Waals surface area contributed by atoms with Crippen molar-refractivity contribution in [2.24, 2.45) is 0 Å². The molecule has 1 aromatic carbocycles. The maximum Gasteiger partial charge on any atom is 0.0558 e. The zero-order chi connectivity index (χ0) is 11.8. The van der Waals surface area contributed by atoms with Crippen LogP contribution in [0.5, 0.6) is 0 Å². The number of aliphatic hydroxyl groups excluding tert-OH is 1. The van der Waals surface area contributed by atoms with Crippen LogP contribution in [0.15, 0.2) is 18.2 Å². The summed E-state index contributed by atoms with van der Waals surface area (Å²) >= 11 is 0. The average molecular weight is 269 g/mol. The lowest BCUT2D eigenvalue weighted by Crippen LogP contribution is -2.43. The van der Waals surface area contributed by atoms with Crippen LogP contribution in [0.2, 0.25) is 0 Å². The Labute approximate surface area is 115 Å². The van der Waals surface area contributed by atoms with E-state index in [0.717, 1.165) is 19.6 Å². The maximum atomic E-state index is 9.04. The molecule has 3 nitrogen and oxygen atoms in total. The smallest absolute Gasteiger partial charge is 0.0558 e. The highest BCUT2D eigenvalue weighted by atomic mass is 35.5. The van der Waals surface area contributed by atoms with Gasteiger partial charge in [0.2, 0.25) is 0 Å². The fourth-order valence-electron chi connectivity index (χ4n) is 3.17. The van der Waals surface area contributed by atoms with Crippen LogP contribution < -0.4 is 5.32 Å². The molecule has 0 unspecified atom stereocenters. The first-order chi connectivity index (χ1) is 8.28. The van der Waals surface area contributed by atoms with Gasteiger partial charge in [-0.15, -0.1) is 12.4 Å². The molecule has 2 aliphatic heterocycles. The molecule has 0 spiro atoms. The molecule has 18 heavy (non-hydrogen) atoms. The number of piperidine rings is 1. The highest BCUT2D eigenvalue weighted by Crippen LogP contribution is 2.40. The Morgan fingerprint density at radius 3 is 3.06 bits per heavy atom. The second-order valence-corrected chi connectivity index (χ2v) is 5.26. The van der Waals surface area contributed by atoms with Crippen LogP contribution in [-0.4, -0.2) is 42.3 Å². The van der Waals surface area contributed by atoms with E-state index in [2.05, 4.69) is 35.3 Å². The van der Waals surface area contributed by atoms with Crippen molar-refractivity contribution in [3.63, 3.8) is 0 Å². The van der Waals surface area contributed by atoms with E-state index in [1.165, 1.54) is 23.2 Å². The van der Waals surface area contributed by atoms with Crippen molar-refractivity contribution in [1.29, 1.82) is 0 Å². The van der Waals surface area contributed by atoms with Crippen LogP contribution in [0.25, 0.3) is 0 Å². The van der Waals surface area contributed by atoms with Gasteiger partial charge in [-0.3, -0.25) is 0 Å². The van der Waals surface area contributed by atoms with Gasteiger partial charge >= 0.3 is 0 Å². The Hall–Kier alpha value is -0.770. The normalized spacial score (nSPS) is 25.9. The number of fused-ring (bicyclic) bond motifs is 3. The molecule has 0 amide bonds. The van der Waals surface area contributed by atoms with Gasteiger partial charge < -0.3 is 15.3 Å². The minimum atomic E-state index is 0. The summed E-state index contributed by atoms with van der Waals surface area (Å²) < 4.78 is 0. The predicted octanol–water partition coefficient (Wildman–Crippen LogP) is 1.99. The molecule has 2 aliphatic rings. The summed E-state index contributed by atoms with van der Waals surface area (Å²) in [4.78, 5) is 2.38. The van der Waals surface area contributed by atoms with Crippen molar-refractivity contribution in [3.8, 4) is 0 Å². The Bertz CT molecular complexity index is 424. The largest absolute Gasteiger partial charge is 0.395 e. The van der Waals surface area contributed by atoms with Crippen molar-refractivity contribution >= 4 is 18.1 Å². The minimum Gasteiger partial charge on any atom is -0.395 e. The number of nitrogens with zero attached hydrogens (tertiary/aromatic N) is 1. The molecule has 0 bridgehead atoms. The van der Waals surface area contributed by atoms with Crippen molar-refractivity contribution in [2.45, 2.75) is 25.3 Å². The lowest BCUT2D eigenvalue weighted by Gasteiger charge is -2.34. The van der Waals surface area contributed by atoms with Gasteiger partial charge in [0, 0.05) is 37.3 Å². The van der Waals surface area contributed by atoms with Gasteiger partial charge in [-0.25, -0.2) is 0 Å². The fourth-order valence-corrected chi connectivity index (χ4v) is 3.17. The van der Waals surface area contributed by atoms with E-state index in [-0.39, 0.29) is 19.0 Å². The number of hydrogen-bond donors (Lipinski definition) is 2. The molecule has 4 heteroatoms. The predicted molar refractivity (Wildman–Crippen MR) is 76.7 cm³/mol. The second-order valence-electron chi connectivity index (χ2n) is 5.26. The quantitative estimate of drug-likeness (QED) is 0.861. The van der Waals surface area contributed by atoms with Crippen LogP contribution in [0.4, 0.5) is 5.69 Å². The molecule has 1 fully saturated rings. The minimum absolute atomic E-state index is 0. The summed E-state index contributed by atoms with van der Waals surface area (Å²) in [6.07, 6.45) is 1.18. The number of hydrogen-bond acceptors (Lipinski definition) is 3. The van der Waals surface area contributed by atoms with E-state index in [1.807, 2.05) is 0 Å². The summed E-state index contributed by atoms with van der Waals surface area (Å²) in [6, 6.07) is 7.30. The molecule has 1 saturated heterocycles. The second kappa shape index (κ2) is 5.47. The Kier molecular flexibility index (Phi) is 4.15. The molecule has 0 aromatic heterocycles. The van der Waals surface area contributed by atoms with Crippen molar-refractivity contribution < 1.29 is 5.11 Å². The molecule has 3 rings (SSSR count). The van der Waals surface area contributed by atoms with Gasteiger partial charge in [-0.1, -0.05) is 17.7 Å². The SMILES string of the molecule is Cc1ccc2c(c1)[C@H]1CN(CCO)CC[C@@H]1N2.Cl. The van der Waals surface area contributed by atoms with E-state index in [9.17, 15) is 0 Å². The third-order valence-electron chi connectivity index (χ3n) is 4.06. The number of halogens is 1. The van der Waals surface area contributed by atoms with E-state index in [1.54, 1.807) is 0 Å². The molecule has 2 N–H and O–H groups in total.